The van der Waals surface area contributed by atoms with Crippen LogP contribution in [0.1, 0.15) is 0 Å². The third kappa shape index (κ3) is 4.52. The molecule has 2 aromatic rings. The first-order chi connectivity index (χ1) is 7.38. The fourth-order valence-electron chi connectivity index (χ4n) is 1.26. The van der Waals surface area contributed by atoms with Crippen LogP contribution in [0.4, 0.5) is 0 Å². The maximum Gasteiger partial charge on any atom is 0.222 e. The van der Waals surface area contributed by atoms with E-state index in [0.717, 1.165) is 0 Å². The van der Waals surface area contributed by atoms with Crippen molar-refractivity contribution in [2.45, 2.75) is 0 Å². The fraction of sp³-hybridized carbons (Fsp3) is 0. The van der Waals surface area contributed by atoms with Crippen LogP contribution >= 0.6 is 22.2 Å². The van der Waals surface area contributed by atoms with Crippen LogP contribution in [-0.2, 0) is 0 Å². The van der Waals surface area contributed by atoms with Crippen molar-refractivity contribution in [1.82, 2.24) is 0 Å². The van der Waals surface area contributed by atoms with Crippen molar-refractivity contribution in [1.29, 1.82) is 0 Å². The number of hydrogen-bond acceptors (Lipinski definition) is 0. The molecule has 0 unspecified atom stereocenters. The van der Waals surface area contributed by atoms with E-state index in [0.29, 0.717) is 0 Å². The van der Waals surface area contributed by atoms with Crippen LogP contribution in [0.25, 0.3) is 11.1 Å². The van der Waals surface area contributed by atoms with Crippen LogP contribution in [0, 0.1) is 0 Å². The zero-order chi connectivity index (χ0) is 10.9. The van der Waals surface area contributed by atoms with E-state index in [4.69, 9.17) is 22.2 Å². The van der Waals surface area contributed by atoms with Crippen LogP contribution in [0.15, 0.2) is 60.7 Å². The van der Waals surface area contributed by atoms with Gasteiger partial charge >= 0.3 is 0 Å². The summed E-state index contributed by atoms with van der Waals surface area (Å²) in [5, 5.41) is 0. The first-order valence-electron chi connectivity index (χ1n) is 4.61. The molecule has 0 saturated carbocycles. The quantitative estimate of drug-likeness (QED) is 0.537. The molecule has 0 amide bonds. The minimum Gasteiger partial charge on any atom is -0.155 e. The summed E-state index contributed by atoms with van der Waals surface area (Å²) in [4.78, 5) is 0. The molecule has 2 aromatic carbocycles. The largest absolute Gasteiger partial charge is 0.222 e. The molecule has 0 aliphatic rings. The van der Waals surface area contributed by atoms with Gasteiger partial charge in [-0.25, -0.2) is 0 Å². The van der Waals surface area contributed by atoms with E-state index in [1.165, 1.54) is 11.1 Å². The summed E-state index contributed by atoms with van der Waals surface area (Å²) >= 11 is 9.81. The van der Waals surface area contributed by atoms with Gasteiger partial charge < -0.3 is 0 Å². The summed E-state index contributed by atoms with van der Waals surface area (Å²) in [6.07, 6.45) is 0. The standard InChI is InChI=1S/C12H10.Cl2H2Si/c1-3-7-11(8-4-1)12-9-5-2-6-10-12;1-3-2/h1-10H;3H2. The molecule has 0 bridgehead atoms. The van der Waals surface area contributed by atoms with E-state index >= 15 is 0 Å². The molecule has 0 spiro atoms. The lowest BCUT2D eigenvalue weighted by Gasteiger charge is -1.98. The second-order valence-corrected chi connectivity index (χ2v) is 5.46. The molecule has 15 heavy (non-hydrogen) atoms. The molecule has 2 rings (SSSR count). The van der Waals surface area contributed by atoms with E-state index < -0.39 is 8.14 Å². The summed E-state index contributed by atoms with van der Waals surface area (Å²) in [5.41, 5.74) is 2.55. The molecule has 0 N–H and O–H groups in total. The summed E-state index contributed by atoms with van der Waals surface area (Å²) in [6.45, 7) is 0. The Balaban J connectivity index is 0.000000337. The number of halogens is 2. The van der Waals surface area contributed by atoms with Gasteiger partial charge in [-0.2, -0.15) is 22.2 Å². The summed E-state index contributed by atoms with van der Waals surface area (Å²) in [6, 6.07) is 20.8. The van der Waals surface area contributed by atoms with Gasteiger partial charge in [0.25, 0.3) is 0 Å². The average Bonchev–Trinajstić information content (AvgIpc) is 2.32. The minimum absolute atomic E-state index is 0.639. The summed E-state index contributed by atoms with van der Waals surface area (Å²) in [5.74, 6) is 0. The highest BCUT2D eigenvalue weighted by Gasteiger charge is 1.91. The molecule has 0 aromatic heterocycles. The van der Waals surface area contributed by atoms with Crippen molar-refractivity contribution in [2.24, 2.45) is 0 Å². The molecule has 0 aliphatic carbocycles. The number of benzene rings is 2. The molecule has 0 saturated heterocycles. The van der Waals surface area contributed by atoms with E-state index in [1.54, 1.807) is 0 Å². The molecule has 0 nitrogen and oxygen atoms in total. The summed E-state index contributed by atoms with van der Waals surface area (Å²) in [7, 11) is -0.639. The van der Waals surface area contributed by atoms with Crippen molar-refractivity contribution in [2.75, 3.05) is 0 Å². The lowest BCUT2D eigenvalue weighted by Crippen LogP contribution is -1.73. The maximum atomic E-state index is 4.90. The van der Waals surface area contributed by atoms with Gasteiger partial charge in [0.05, 0.1) is 0 Å². The van der Waals surface area contributed by atoms with Gasteiger partial charge in [-0.05, 0) is 11.1 Å². The van der Waals surface area contributed by atoms with E-state index in [9.17, 15) is 0 Å². The van der Waals surface area contributed by atoms with Crippen molar-refractivity contribution in [3.8, 4) is 11.1 Å². The van der Waals surface area contributed by atoms with Crippen LogP contribution in [-0.4, -0.2) is 8.14 Å². The maximum absolute atomic E-state index is 4.90. The van der Waals surface area contributed by atoms with Crippen LogP contribution in [0.2, 0.25) is 0 Å². The molecular weight excluding hydrogens is 243 g/mol. The van der Waals surface area contributed by atoms with Gasteiger partial charge in [-0.15, -0.1) is 0 Å². The Labute approximate surface area is 102 Å². The van der Waals surface area contributed by atoms with Gasteiger partial charge in [0.15, 0.2) is 0 Å². The van der Waals surface area contributed by atoms with Gasteiger partial charge in [0.2, 0.25) is 8.14 Å². The van der Waals surface area contributed by atoms with E-state index in [-0.39, 0.29) is 0 Å². The van der Waals surface area contributed by atoms with Crippen molar-refractivity contribution in [3.63, 3.8) is 0 Å². The molecule has 0 atom stereocenters. The highest BCUT2D eigenvalue weighted by molar-refractivity contribution is 7.22. The second kappa shape index (κ2) is 7.52. The zero-order valence-electron chi connectivity index (χ0n) is 8.24. The van der Waals surface area contributed by atoms with Crippen molar-refractivity contribution >= 4 is 30.3 Å². The Morgan fingerprint density at radius 3 is 1.13 bits per heavy atom. The molecule has 78 valence electrons. The first-order valence-corrected chi connectivity index (χ1v) is 8.88. The molecule has 0 fully saturated rings. The highest BCUT2D eigenvalue weighted by Crippen LogP contribution is 2.17. The minimum atomic E-state index is -0.639. The zero-order valence-corrected chi connectivity index (χ0v) is 11.2. The first kappa shape index (κ1) is 12.3. The Morgan fingerprint density at radius 2 is 0.867 bits per heavy atom. The van der Waals surface area contributed by atoms with Crippen molar-refractivity contribution < 1.29 is 0 Å². The number of hydrogen-bond donors (Lipinski definition) is 0. The predicted octanol–water partition coefficient (Wildman–Crippen LogP) is 3.82. The molecule has 3 heteroatoms. The Bertz CT molecular complexity index is 324. The van der Waals surface area contributed by atoms with Gasteiger partial charge in [-0.1, -0.05) is 60.7 Å². The molecule has 0 radical (unpaired) electrons. The highest BCUT2D eigenvalue weighted by atomic mass is 35.7. The van der Waals surface area contributed by atoms with Gasteiger partial charge in [0.1, 0.15) is 0 Å². The van der Waals surface area contributed by atoms with Gasteiger partial charge in [-0.3, -0.25) is 0 Å². The van der Waals surface area contributed by atoms with Crippen LogP contribution in [0.3, 0.4) is 0 Å². The third-order valence-electron chi connectivity index (χ3n) is 1.88. The molecular formula is C12H12Cl2Si. The molecule has 0 aliphatic heterocycles. The normalized spacial score (nSPS) is 8.93. The monoisotopic (exact) mass is 254 g/mol. The predicted molar refractivity (Wildman–Crippen MR) is 72.1 cm³/mol. The number of rotatable bonds is 1. The van der Waals surface area contributed by atoms with Crippen LogP contribution < -0.4 is 0 Å². The Hall–Kier alpha value is -0.763. The van der Waals surface area contributed by atoms with E-state index in [2.05, 4.69) is 48.5 Å². The third-order valence-corrected chi connectivity index (χ3v) is 1.88. The Morgan fingerprint density at radius 1 is 0.600 bits per heavy atom. The van der Waals surface area contributed by atoms with Crippen molar-refractivity contribution in [3.05, 3.63) is 60.7 Å². The van der Waals surface area contributed by atoms with Gasteiger partial charge in [0, 0.05) is 0 Å². The second-order valence-electron chi connectivity index (χ2n) is 2.83. The smallest absolute Gasteiger partial charge is 0.155 e. The average molecular weight is 255 g/mol. The summed E-state index contributed by atoms with van der Waals surface area (Å²) < 4.78 is 0. The van der Waals surface area contributed by atoms with E-state index in [1.807, 2.05) is 12.1 Å². The fourth-order valence-corrected chi connectivity index (χ4v) is 1.26. The topological polar surface area (TPSA) is 0 Å². The molecule has 0 heterocycles. The SMILES string of the molecule is Cl[SiH2]Cl.c1ccc(-c2ccccc2)cc1. The lowest BCUT2D eigenvalue weighted by atomic mass is 10.1. The lowest BCUT2D eigenvalue weighted by molar-refractivity contribution is 1.62. The Kier molecular flexibility index (Phi) is 6.17. The van der Waals surface area contributed by atoms with Crippen LogP contribution in [0.5, 0.6) is 0 Å².